The van der Waals surface area contributed by atoms with Crippen LogP contribution in [-0.4, -0.2) is 29.0 Å². The number of benzene rings is 2. The molecule has 0 bridgehead atoms. The van der Waals surface area contributed by atoms with Crippen LogP contribution in [0.4, 0.5) is 11.6 Å². The standard InChI is InChI=1S/C16H16N4O2/c1-21-14-8-12(9-15(10-14)22-2)18-16-17-11-20(19-16)13-6-4-3-5-7-13/h3-11H,1-2H3,(H,18,19). The fourth-order valence-electron chi connectivity index (χ4n) is 2.03. The number of hydrogen-bond acceptors (Lipinski definition) is 5. The van der Waals surface area contributed by atoms with Gasteiger partial charge in [-0.2, -0.15) is 4.98 Å². The predicted octanol–water partition coefficient (Wildman–Crippen LogP) is 3.03. The zero-order valence-electron chi connectivity index (χ0n) is 12.4. The maximum absolute atomic E-state index is 5.24. The van der Waals surface area contributed by atoms with E-state index in [-0.39, 0.29) is 0 Å². The molecule has 0 unspecified atom stereocenters. The summed E-state index contributed by atoms with van der Waals surface area (Å²) in [7, 11) is 3.22. The van der Waals surface area contributed by atoms with Crippen LogP contribution >= 0.6 is 0 Å². The average Bonchev–Trinajstić information content (AvgIpc) is 3.03. The first-order chi connectivity index (χ1) is 10.8. The second-order valence-electron chi connectivity index (χ2n) is 4.57. The molecule has 0 atom stereocenters. The summed E-state index contributed by atoms with van der Waals surface area (Å²) in [6.45, 7) is 0. The quantitative estimate of drug-likeness (QED) is 0.784. The zero-order valence-corrected chi connectivity index (χ0v) is 12.4. The first-order valence-corrected chi connectivity index (χ1v) is 6.75. The number of aromatic nitrogens is 3. The van der Waals surface area contributed by atoms with Crippen LogP contribution in [-0.2, 0) is 0 Å². The van der Waals surface area contributed by atoms with Crippen molar-refractivity contribution in [2.75, 3.05) is 19.5 Å². The van der Waals surface area contributed by atoms with Crippen LogP contribution in [0, 0.1) is 0 Å². The SMILES string of the molecule is COc1cc(Nc2ncn(-c3ccccc3)n2)cc(OC)c1. The number of methoxy groups -OCH3 is 2. The minimum absolute atomic E-state index is 0.499. The van der Waals surface area contributed by atoms with Gasteiger partial charge in [0.1, 0.15) is 17.8 Å². The maximum Gasteiger partial charge on any atom is 0.246 e. The predicted molar refractivity (Wildman–Crippen MR) is 84.2 cm³/mol. The Morgan fingerprint density at radius 3 is 2.27 bits per heavy atom. The minimum atomic E-state index is 0.499. The van der Waals surface area contributed by atoms with Gasteiger partial charge in [-0.05, 0) is 12.1 Å². The monoisotopic (exact) mass is 296 g/mol. The summed E-state index contributed by atoms with van der Waals surface area (Å²) in [5.41, 5.74) is 1.74. The van der Waals surface area contributed by atoms with E-state index in [4.69, 9.17) is 9.47 Å². The van der Waals surface area contributed by atoms with E-state index >= 15 is 0 Å². The van der Waals surface area contributed by atoms with Crippen molar-refractivity contribution in [1.82, 2.24) is 14.8 Å². The van der Waals surface area contributed by atoms with Gasteiger partial charge in [-0.25, -0.2) is 4.68 Å². The topological polar surface area (TPSA) is 61.2 Å². The Kier molecular flexibility index (Phi) is 3.91. The molecule has 0 aliphatic rings. The molecular weight excluding hydrogens is 280 g/mol. The van der Waals surface area contributed by atoms with E-state index in [0.29, 0.717) is 17.4 Å². The molecule has 2 aromatic carbocycles. The Labute approximate surface area is 128 Å². The molecule has 0 radical (unpaired) electrons. The highest BCUT2D eigenvalue weighted by Gasteiger charge is 2.06. The van der Waals surface area contributed by atoms with Crippen molar-refractivity contribution in [1.29, 1.82) is 0 Å². The van der Waals surface area contributed by atoms with Crippen molar-refractivity contribution in [2.45, 2.75) is 0 Å². The van der Waals surface area contributed by atoms with Gasteiger partial charge in [0.2, 0.25) is 5.95 Å². The Hall–Kier alpha value is -3.02. The van der Waals surface area contributed by atoms with Crippen LogP contribution in [0.1, 0.15) is 0 Å². The second-order valence-corrected chi connectivity index (χ2v) is 4.57. The van der Waals surface area contributed by atoms with E-state index in [9.17, 15) is 0 Å². The molecule has 0 fully saturated rings. The molecule has 1 N–H and O–H groups in total. The number of rotatable bonds is 5. The fraction of sp³-hybridized carbons (Fsp3) is 0.125. The summed E-state index contributed by atoms with van der Waals surface area (Å²) in [5.74, 6) is 1.90. The van der Waals surface area contributed by atoms with Crippen LogP contribution in [0.15, 0.2) is 54.9 Å². The first kappa shape index (κ1) is 13.9. The molecule has 0 saturated heterocycles. The van der Waals surface area contributed by atoms with Gasteiger partial charge < -0.3 is 14.8 Å². The summed E-state index contributed by atoms with van der Waals surface area (Å²) >= 11 is 0. The van der Waals surface area contributed by atoms with Crippen LogP contribution in [0.5, 0.6) is 11.5 Å². The van der Waals surface area contributed by atoms with Gasteiger partial charge in [0, 0.05) is 23.9 Å². The lowest BCUT2D eigenvalue weighted by Gasteiger charge is -2.08. The highest BCUT2D eigenvalue weighted by atomic mass is 16.5. The summed E-state index contributed by atoms with van der Waals surface area (Å²) in [5, 5.41) is 7.54. The molecule has 0 aliphatic carbocycles. The lowest BCUT2D eigenvalue weighted by atomic mass is 10.3. The molecule has 6 nitrogen and oxygen atoms in total. The molecule has 0 aliphatic heterocycles. The molecule has 0 saturated carbocycles. The Morgan fingerprint density at radius 2 is 1.64 bits per heavy atom. The van der Waals surface area contributed by atoms with Gasteiger partial charge >= 0.3 is 0 Å². The van der Waals surface area contributed by atoms with Gasteiger partial charge in [-0.15, -0.1) is 5.10 Å². The number of nitrogens with one attached hydrogen (secondary N) is 1. The molecule has 1 aromatic heterocycles. The Bertz CT molecular complexity index is 734. The Morgan fingerprint density at radius 1 is 0.955 bits per heavy atom. The molecule has 0 amide bonds. The number of anilines is 2. The highest BCUT2D eigenvalue weighted by molar-refractivity contribution is 5.59. The van der Waals surface area contributed by atoms with Crippen molar-refractivity contribution in [3.05, 3.63) is 54.9 Å². The summed E-state index contributed by atoms with van der Waals surface area (Å²) in [6, 6.07) is 15.3. The van der Waals surface area contributed by atoms with Gasteiger partial charge in [0.25, 0.3) is 0 Å². The van der Waals surface area contributed by atoms with E-state index in [0.717, 1.165) is 11.4 Å². The third-order valence-corrected chi connectivity index (χ3v) is 3.12. The summed E-state index contributed by atoms with van der Waals surface area (Å²) in [6.07, 6.45) is 1.66. The molecule has 6 heteroatoms. The molecule has 0 spiro atoms. The molecule has 1 heterocycles. The van der Waals surface area contributed by atoms with E-state index in [1.807, 2.05) is 42.5 Å². The molecule has 22 heavy (non-hydrogen) atoms. The minimum Gasteiger partial charge on any atom is -0.497 e. The summed E-state index contributed by atoms with van der Waals surface area (Å²) in [4.78, 5) is 4.26. The van der Waals surface area contributed by atoms with Crippen molar-refractivity contribution in [2.24, 2.45) is 0 Å². The van der Waals surface area contributed by atoms with Crippen molar-refractivity contribution < 1.29 is 9.47 Å². The fourth-order valence-corrected chi connectivity index (χ4v) is 2.03. The lowest BCUT2D eigenvalue weighted by molar-refractivity contribution is 0.395. The maximum atomic E-state index is 5.24. The lowest BCUT2D eigenvalue weighted by Crippen LogP contribution is -1.98. The second kappa shape index (κ2) is 6.17. The van der Waals surface area contributed by atoms with Crippen LogP contribution in [0.3, 0.4) is 0 Å². The largest absolute Gasteiger partial charge is 0.497 e. The highest BCUT2D eigenvalue weighted by Crippen LogP contribution is 2.27. The van der Waals surface area contributed by atoms with Crippen LogP contribution < -0.4 is 14.8 Å². The van der Waals surface area contributed by atoms with Gasteiger partial charge in [0.15, 0.2) is 0 Å². The molecule has 3 rings (SSSR count). The zero-order chi connectivity index (χ0) is 15.4. The smallest absolute Gasteiger partial charge is 0.246 e. The molecular formula is C16H16N4O2. The first-order valence-electron chi connectivity index (χ1n) is 6.75. The molecule has 112 valence electrons. The number of para-hydroxylation sites is 1. The van der Waals surface area contributed by atoms with Crippen molar-refractivity contribution in [3.8, 4) is 17.2 Å². The third kappa shape index (κ3) is 3.01. The third-order valence-electron chi connectivity index (χ3n) is 3.12. The normalized spacial score (nSPS) is 10.3. The van der Waals surface area contributed by atoms with Crippen molar-refractivity contribution in [3.63, 3.8) is 0 Å². The van der Waals surface area contributed by atoms with Gasteiger partial charge in [0.05, 0.1) is 19.9 Å². The van der Waals surface area contributed by atoms with Gasteiger partial charge in [-0.3, -0.25) is 0 Å². The van der Waals surface area contributed by atoms with Gasteiger partial charge in [-0.1, -0.05) is 18.2 Å². The molecule has 3 aromatic rings. The van der Waals surface area contributed by atoms with E-state index < -0.39 is 0 Å². The number of hydrogen-bond donors (Lipinski definition) is 1. The van der Waals surface area contributed by atoms with E-state index in [2.05, 4.69) is 15.4 Å². The average molecular weight is 296 g/mol. The van der Waals surface area contributed by atoms with Crippen LogP contribution in [0.25, 0.3) is 5.69 Å². The number of nitrogens with zero attached hydrogens (tertiary/aromatic N) is 3. The number of ether oxygens (including phenoxy) is 2. The van der Waals surface area contributed by atoms with Crippen molar-refractivity contribution >= 4 is 11.6 Å². The van der Waals surface area contributed by atoms with E-state index in [1.165, 1.54) is 0 Å². The summed E-state index contributed by atoms with van der Waals surface area (Å²) < 4.78 is 12.2. The Balaban J connectivity index is 1.83. The van der Waals surface area contributed by atoms with Crippen LogP contribution in [0.2, 0.25) is 0 Å². The van der Waals surface area contributed by atoms with E-state index in [1.54, 1.807) is 31.3 Å².